The van der Waals surface area contributed by atoms with E-state index in [0.717, 1.165) is 12.2 Å². The number of benzene rings is 1. The standard InChI is InChI=1S/C13H15FN4OS2/c1-20-7-6-12-16-17-13(18(12)15)21-8-11(19)9-2-4-10(14)5-3-9/h2-5H,6-8,15H2,1H3. The molecule has 5 nitrogen and oxygen atoms in total. The van der Waals surface area contributed by atoms with Crippen LogP contribution in [0, 0.1) is 5.82 Å². The van der Waals surface area contributed by atoms with Crippen LogP contribution in [0.25, 0.3) is 0 Å². The van der Waals surface area contributed by atoms with Crippen molar-refractivity contribution in [2.45, 2.75) is 11.6 Å². The second-order valence-corrected chi connectivity index (χ2v) is 6.16. The van der Waals surface area contributed by atoms with Gasteiger partial charge in [0.1, 0.15) is 5.82 Å². The first-order chi connectivity index (χ1) is 10.1. The van der Waals surface area contributed by atoms with Crippen molar-refractivity contribution in [1.29, 1.82) is 0 Å². The number of aromatic nitrogens is 3. The molecule has 0 bridgehead atoms. The van der Waals surface area contributed by atoms with Gasteiger partial charge in [-0.05, 0) is 30.5 Å². The lowest BCUT2D eigenvalue weighted by atomic mass is 10.1. The molecule has 1 aromatic carbocycles. The molecular weight excluding hydrogens is 311 g/mol. The third-order valence-corrected chi connectivity index (χ3v) is 4.32. The summed E-state index contributed by atoms with van der Waals surface area (Å²) in [6.07, 6.45) is 2.74. The molecule has 0 unspecified atom stereocenters. The fourth-order valence-electron chi connectivity index (χ4n) is 1.62. The Kier molecular flexibility index (Phi) is 5.63. The van der Waals surface area contributed by atoms with E-state index >= 15 is 0 Å². The largest absolute Gasteiger partial charge is 0.336 e. The maximum Gasteiger partial charge on any atom is 0.210 e. The van der Waals surface area contributed by atoms with Crippen LogP contribution in [-0.4, -0.2) is 38.4 Å². The van der Waals surface area contributed by atoms with Crippen molar-refractivity contribution < 1.29 is 9.18 Å². The second kappa shape index (κ2) is 7.46. The van der Waals surface area contributed by atoms with Crippen LogP contribution in [0.5, 0.6) is 0 Å². The van der Waals surface area contributed by atoms with Crippen molar-refractivity contribution in [3.63, 3.8) is 0 Å². The summed E-state index contributed by atoms with van der Waals surface area (Å²) >= 11 is 2.93. The first kappa shape index (κ1) is 15.8. The highest BCUT2D eigenvalue weighted by molar-refractivity contribution is 7.99. The minimum absolute atomic E-state index is 0.103. The Hall–Kier alpha value is -1.54. The monoisotopic (exact) mass is 326 g/mol. The molecule has 2 N–H and O–H groups in total. The maximum absolute atomic E-state index is 12.8. The Balaban J connectivity index is 1.95. The van der Waals surface area contributed by atoms with Crippen LogP contribution in [0.3, 0.4) is 0 Å². The van der Waals surface area contributed by atoms with Gasteiger partial charge < -0.3 is 5.84 Å². The first-order valence-corrected chi connectivity index (χ1v) is 8.59. The molecule has 8 heteroatoms. The molecule has 1 heterocycles. The number of ketones is 1. The maximum atomic E-state index is 12.8. The van der Waals surface area contributed by atoms with Crippen LogP contribution in [0.2, 0.25) is 0 Å². The topological polar surface area (TPSA) is 73.8 Å². The number of hydrogen-bond acceptors (Lipinski definition) is 6. The Morgan fingerprint density at radius 1 is 1.33 bits per heavy atom. The van der Waals surface area contributed by atoms with Gasteiger partial charge >= 0.3 is 0 Å². The molecule has 0 amide bonds. The number of carbonyl (C=O) groups excluding carboxylic acids is 1. The number of halogens is 1. The van der Waals surface area contributed by atoms with E-state index < -0.39 is 0 Å². The van der Waals surface area contributed by atoms with Gasteiger partial charge in [-0.15, -0.1) is 10.2 Å². The summed E-state index contributed by atoms with van der Waals surface area (Å²) in [7, 11) is 0. The van der Waals surface area contributed by atoms with E-state index in [1.807, 2.05) is 6.26 Å². The summed E-state index contributed by atoms with van der Waals surface area (Å²) in [6, 6.07) is 5.47. The van der Waals surface area contributed by atoms with Crippen molar-refractivity contribution >= 4 is 29.3 Å². The number of thioether (sulfide) groups is 2. The van der Waals surface area contributed by atoms with Gasteiger partial charge in [-0.1, -0.05) is 11.8 Å². The van der Waals surface area contributed by atoms with E-state index in [4.69, 9.17) is 5.84 Å². The third kappa shape index (κ3) is 4.21. The van der Waals surface area contributed by atoms with Crippen LogP contribution in [0.1, 0.15) is 16.2 Å². The summed E-state index contributed by atoms with van der Waals surface area (Å²) in [5, 5.41) is 8.49. The molecule has 0 saturated carbocycles. The van der Waals surface area contributed by atoms with Gasteiger partial charge in [-0.25, -0.2) is 9.07 Å². The van der Waals surface area contributed by atoms with Crippen LogP contribution in [-0.2, 0) is 6.42 Å². The Bertz CT molecular complexity index is 615. The highest BCUT2D eigenvalue weighted by atomic mass is 32.2. The Morgan fingerprint density at radius 3 is 2.71 bits per heavy atom. The predicted octanol–water partition coefficient (Wildman–Crippen LogP) is 2.01. The van der Waals surface area contributed by atoms with E-state index in [1.54, 1.807) is 11.8 Å². The Morgan fingerprint density at radius 2 is 2.05 bits per heavy atom. The fraction of sp³-hybridized carbons (Fsp3) is 0.308. The van der Waals surface area contributed by atoms with E-state index in [0.29, 0.717) is 16.5 Å². The van der Waals surface area contributed by atoms with Crippen molar-refractivity contribution in [1.82, 2.24) is 14.9 Å². The van der Waals surface area contributed by atoms with E-state index in [1.165, 1.54) is 40.7 Å². The van der Waals surface area contributed by atoms with Gasteiger partial charge in [0.25, 0.3) is 0 Å². The quantitative estimate of drug-likeness (QED) is 0.477. The minimum Gasteiger partial charge on any atom is -0.336 e. The van der Waals surface area contributed by atoms with Crippen molar-refractivity contribution in [2.24, 2.45) is 0 Å². The van der Waals surface area contributed by atoms with Crippen molar-refractivity contribution in [2.75, 3.05) is 23.6 Å². The number of rotatable bonds is 7. The average Bonchev–Trinajstić information content (AvgIpc) is 2.84. The normalized spacial score (nSPS) is 10.8. The third-order valence-electron chi connectivity index (χ3n) is 2.76. The van der Waals surface area contributed by atoms with Crippen LogP contribution < -0.4 is 5.84 Å². The highest BCUT2D eigenvalue weighted by Crippen LogP contribution is 2.17. The summed E-state index contributed by atoms with van der Waals surface area (Å²) in [4.78, 5) is 12.0. The zero-order chi connectivity index (χ0) is 15.2. The van der Waals surface area contributed by atoms with E-state index in [9.17, 15) is 9.18 Å². The molecule has 2 rings (SSSR count). The first-order valence-electron chi connectivity index (χ1n) is 6.21. The number of carbonyl (C=O) groups is 1. The number of nitrogens with two attached hydrogens (primary N) is 1. The number of Topliss-reactive ketones (excluding diaryl/α,β-unsaturated/α-hetero) is 1. The second-order valence-electron chi connectivity index (χ2n) is 4.23. The SMILES string of the molecule is CSCCc1nnc(SCC(=O)c2ccc(F)cc2)n1N. The molecule has 0 radical (unpaired) electrons. The van der Waals surface area contributed by atoms with Crippen molar-refractivity contribution in [3.8, 4) is 0 Å². The van der Waals surface area contributed by atoms with E-state index in [-0.39, 0.29) is 17.4 Å². The molecule has 21 heavy (non-hydrogen) atoms. The lowest BCUT2D eigenvalue weighted by molar-refractivity contribution is 0.102. The fourth-order valence-corrected chi connectivity index (χ4v) is 2.78. The lowest BCUT2D eigenvalue weighted by Gasteiger charge is -2.03. The molecular formula is C13H15FN4OS2. The minimum atomic E-state index is -0.362. The average molecular weight is 326 g/mol. The molecule has 0 aliphatic carbocycles. The number of hydrogen-bond donors (Lipinski definition) is 1. The molecule has 0 spiro atoms. The van der Waals surface area contributed by atoms with Gasteiger partial charge in [0, 0.05) is 17.7 Å². The zero-order valence-corrected chi connectivity index (χ0v) is 13.1. The lowest BCUT2D eigenvalue weighted by Crippen LogP contribution is -2.15. The van der Waals surface area contributed by atoms with Crippen LogP contribution in [0.15, 0.2) is 29.4 Å². The van der Waals surface area contributed by atoms with Gasteiger partial charge in [-0.2, -0.15) is 11.8 Å². The van der Waals surface area contributed by atoms with E-state index in [2.05, 4.69) is 10.2 Å². The van der Waals surface area contributed by atoms with Gasteiger partial charge in [0.2, 0.25) is 5.16 Å². The number of nitrogen functional groups attached to an aromatic ring is 1. The summed E-state index contributed by atoms with van der Waals surface area (Å²) in [6.45, 7) is 0. The molecule has 0 fully saturated rings. The molecule has 2 aromatic rings. The Labute approximate surface area is 130 Å². The van der Waals surface area contributed by atoms with Gasteiger partial charge in [-0.3, -0.25) is 4.79 Å². The smallest absolute Gasteiger partial charge is 0.210 e. The van der Waals surface area contributed by atoms with Crippen molar-refractivity contribution in [3.05, 3.63) is 41.5 Å². The molecule has 112 valence electrons. The number of aryl methyl sites for hydroxylation is 1. The number of nitrogens with zero attached hydrogens (tertiary/aromatic N) is 3. The highest BCUT2D eigenvalue weighted by Gasteiger charge is 2.13. The molecule has 1 aromatic heterocycles. The van der Waals surface area contributed by atoms with Crippen LogP contribution >= 0.6 is 23.5 Å². The predicted molar refractivity (Wildman–Crippen MR) is 83.7 cm³/mol. The molecule has 0 saturated heterocycles. The van der Waals surface area contributed by atoms with Gasteiger partial charge in [0.15, 0.2) is 11.6 Å². The summed E-state index contributed by atoms with van der Waals surface area (Å²) < 4.78 is 14.2. The summed E-state index contributed by atoms with van der Waals surface area (Å²) in [5.74, 6) is 7.22. The van der Waals surface area contributed by atoms with Crippen LogP contribution in [0.4, 0.5) is 4.39 Å². The molecule has 0 atom stereocenters. The zero-order valence-electron chi connectivity index (χ0n) is 11.5. The molecule has 0 aliphatic heterocycles. The summed E-state index contributed by atoms with van der Waals surface area (Å²) in [5.41, 5.74) is 0.467. The molecule has 0 aliphatic rings. The van der Waals surface area contributed by atoms with Gasteiger partial charge in [0.05, 0.1) is 5.75 Å².